The number of benzene rings is 1. The molecule has 2 aromatic rings. The Morgan fingerprint density at radius 3 is 3.05 bits per heavy atom. The van der Waals surface area contributed by atoms with Gasteiger partial charge in [0.1, 0.15) is 5.82 Å². The first-order valence-corrected chi connectivity index (χ1v) is 7.48. The van der Waals surface area contributed by atoms with Crippen LogP contribution in [0.5, 0.6) is 0 Å². The maximum Gasteiger partial charge on any atom is 0.124 e. The average molecular weight is 299 g/mol. The van der Waals surface area contributed by atoms with Crippen LogP contribution in [-0.4, -0.2) is 22.8 Å². The summed E-state index contributed by atoms with van der Waals surface area (Å²) < 4.78 is 7.57. The second kappa shape index (κ2) is 5.70. The molecule has 3 rings (SSSR count). The number of hydrogen-bond acceptors (Lipinski definition) is 2. The minimum atomic E-state index is 0.409. The van der Waals surface area contributed by atoms with E-state index in [9.17, 15) is 0 Å². The van der Waals surface area contributed by atoms with Crippen LogP contribution in [0.1, 0.15) is 18.7 Å². The van der Waals surface area contributed by atoms with Crippen molar-refractivity contribution < 1.29 is 4.74 Å². The van der Waals surface area contributed by atoms with Gasteiger partial charge in [-0.15, -0.1) is 11.6 Å². The second-order valence-electron chi connectivity index (χ2n) is 4.94. The lowest BCUT2D eigenvalue weighted by atomic mass is 10.1. The van der Waals surface area contributed by atoms with Gasteiger partial charge in [0.25, 0.3) is 0 Å². The lowest BCUT2D eigenvalue weighted by molar-refractivity contribution is 0.183. The number of nitrogens with zero attached hydrogens (tertiary/aromatic N) is 2. The van der Waals surface area contributed by atoms with Gasteiger partial charge >= 0.3 is 0 Å². The highest BCUT2D eigenvalue weighted by atomic mass is 35.5. The molecular formula is C14H16Cl2N2O. The molecule has 5 heteroatoms. The molecule has 1 unspecified atom stereocenters. The quantitative estimate of drug-likeness (QED) is 0.802. The van der Waals surface area contributed by atoms with E-state index in [4.69, 9.17) is 27.9 Å². The largest absolute Gasteiger partial charge is 0.381 e. The lowest BCUT2D eigenvalue weighted by Crippen LogP contribution is -2.08. The fourth-order valence-electron chi connectivity index (χ4n) is 2.66. The Hall–Kier alpha value is -0.770. The normalized spacial score (nSPS) is 19.4. The summed E-state index contributed by atoms with van der Waals surface area (Å²) in [7, 11) is 0. The fraction of sp³-hybridized carbons (Fsp3) is 0.500. The summed E-state index contributed by atoms with van der Waals surface area (Å²) >= 11 is 12.3. The molecule has 102 valence electrons. The van der Waals surface area contributed by atoms with Crippen molar-refractivity contribution in [1.82, 2.24) is 9.55 Å². The van der Waals surface area contributed by atoms with Crippen molar-refractivity contribution in [3.63, 3.8) is 0 Å². The zero-order valence-electron chi connectivity index (χ0n) is 10.6. The molecule has 19 heavy (non-hydrogen) atoms. The van der Waals surface area contributed by atoms with Crippen molar-refractivity contribution >= 4 is 34.2 Å². The number of para-hydroxylation sites is 1. The minimum absolute atomic E-state index is 0.409. The number of aromatic nitrogens is 2. The molecule has 0 saturated carbocycles. The monoisotopic (exact) mass is 298 g/mol. The van der Waals surface area contributed by atoms with Crippen molar-refractivity contribution in [2.45, 2.75) is 25.3 Å². The molecular weight excluding hydrogens is 283 g/mol. The molecule has 1 aromatic heterocycles. The average Bonchev–Trinajstić information content (AvgIpc) is 3.03. The summed E-state index contributed by atoms with van der Waals surface area (Å²) in [6, 6.07) is 5.80. The summed E-state index contributed by atoms with van der Waals surface area (Å²) in [6.07, 6.45) is 2.23. The number of aryl methyl sites for hydroxylation is 1. The first-order valence-electron chi connectivity index (χ1n) is 6.57. The first kappa shape index (κ1) is 13.2. The molecule has 0 aliphatic carbocycles. The molecule has 1 aliphatic rings. The van der Waals surface area contributed by atoms with Gasteiger partial charge in [-0.25, -0.2) is 4.98 Å². The van der Waals surface area contributed by atoms with Crippen LogP contribution in [0.25, 0.3) is 11.0 Å². The van der Waals surface area contributed by atoms with Crippen LogP contribution in [0.15, 0.2) is 18.2 Å². The number of ether oxygens (including phenoxy) is 1. The smallest absolute Gasteiger partial charge is 0.124 e. The third-order valence-electron chi connectivity index (χ3n) is 3.70. The van der Waals surface area contributed by atoms with Crippen LogP contribution in [0, 0.1) is 5.92 Å². The first-order chi connectivity index (χ1) is 9.29. The number of fused-ring (bicyclic) bond motifs is 1. The molecule has 0 amide bonds. The molecule has 1 fully saturated rings. The zero-order chi connectivity index (χ0) is 13.2. The van der Waals surface area contributed by atoms with Gasteiger partial charge in [0.05, 0.1) is 21.9 Å². The number of rotatable bonds is 4. The molecule has 1 atom stereocenters. The fourth-order valence-corrected chi connectivity index (χ4v) is 3.13. The van der Waals surface area contributed by atoms with E-state index in [2.05, 4.69) is 9.55 Å². The Kier molecular flexibility index (Phi) is 3.96. The van der Waals surface area contributed by atoms with Crippen LogP contribution in [0.3, 0.4) is 0 Å². The van der Waals surface area contributed by atoms with E-state index in [-0.39, 0.29) is 0 Å². The second-order valence-corrected chi connectivity index (χ2v) is 5.61. The Morgan fingerprint density at radius 1 is 1.42 bits per heavy atom. The van der Waals surface area contributed by atoms with Gasteiger partial charge in [-0.2, -0.15) is 0 Å². The number of alkyl halides is 1. The molecule has 1 saturated heterocycles. The SMILES string of the molecule is ClCc1nc2cccc(Cl)c2n1CCC1CCOC1. The van der Waals surface area contributed by atoms with E-state index in [0.29, 0.717) is 11.8 Å². The number of imidazole rings is 1. The van der Waals surface area contributed by atoms with E-state index < -0.39 is 0 Å². The van der Waals surface area contributed by atoms with Gasteiger partial charge in [-0.3, -0.25) is 0 Å². The number of hydrogen-bond donors (Lipinski definition) is 0. The maximum absolute atomic E-state index is 6.30. The van der Waals surface area contributed by atoms with Gasteiger partial charge < -0.3 is 9.30 Å². The Balaban J connectivity index is 1.91. The molecule has 3 nitrogen and oxygen atoms in total. The van der Waals surface area contributed by atoms with Crippen molar-refractivity contribution in [1.29, 1.82) is 0 Å². The molecule has 1 aromatic carbocycles. The predicted molar refractivity (Wildman–Crippen MR) is 77.8 cm³/mol. The van der Waals surface area contributed by atoms with Crippen LogP contribution in [0.2, 0.25) is 5.02 Å². The highest BCUT2D eigenvalue weighted by Crippen LogP contribution is 2.27. The number of halogens is 2. The Labute approximate surface area is 122 Å². The van der Waals surface area contributed by atoms with Crippen LogP contribution in [-0.2, 0) is 17.2 Å². The summed E-state index contributed by atoms with van der Waals surface area (Å²) in [5.74, 6) is 1.94. The van der Waals surface area contributed by atoms with Crippen LogP contribution < -0.4 is 0 Å². The van der Waals surface area contributed by atoms with E-state index in [0.717, 1.165) is 54.5 Å². The van der Waals surface area contributed by atoms with Crippen LogP contribution in [0.4, 0.5) is 0 Å². The lowest BCUT2D eigenvalue weighted by Gasteiger charge is -2.11. The predicted octanol–water partition coefficient (Wildman–Crippen LogP) is 3.86. The summed E-state index contributed by atoms with van der Waals surface area (Å²) in [5, 5.41) is 0.740. The zero-order valence-corrected chi connectivity index (χ0v) is 12.1. The van der Waals surface area contributed by atoms with Crippen molar-refractivity contribution in [3.8, 4) is 0 Å². The molecule has 0 bridgehead atoms. The molecule has 0 radical (unpaired) electrons. The molecule has 1 aliphatic heterocycles. The molecule has 0 N–H and O–H groups in total. The van der Waals surface area contributed by atoms with Gasteiger partial charge in [0.2, 0.25) is 0 Å². The van der Waals surface area contributed by atoms with Gasteiger partial charge in [0, 0.05) is 19.8 Å². The van der Waals surface area contributed by atoms with Crippen molar-refractivity contribution in [2.24, 2.45) is 5.92 Å². The van der Waals surface area contributed by atoms with E-state index >= 15 is 0 Å². The third kappa shape index (κ3) is 2.60. The third-order valence-corrected chi connectivity index (χ3v) is 4.24. The standard InChI is InChI=1S/C14H16Cl2N2O/c15-8-13-17-12-3-1-2-11(16)14(12)18(13)6-4-10-5-7-19-9-10/h1-3,10H,4-9H2. The van der Waals surface area contributed by atoms with Gasteiger partial charge in [-0.05, 0) is 30.9 Å². The topological polar surface area (TPSA) is 27.1 Å². The Bertz CT molecular complexity index is 576. The summed E-state index contributed by atoms with van der Waals surface area (Å²) in [6.45, 7) is 2.66. The van der Waals surface area contributed by atoms with Crippen LogP contribution >= 0.6 is 23.2 Å². The van der Waals surface area contributed by atoms with Crippen molar-refractivity contribution in [3.05, 3.63) is 29.0 Å². The highest BCUT2D eigenvalue weighted by Gasteiger charge is 2.18. The molecule has 2 heterocycles. The summed E-state index contributed by atoms with van der Waals surface area (Å²) in [5.41, 5.74) is 1.92. The van der Waals surface area contributed by atoms with E-state index in [1.807, 2.05) is 18.2 Å². The minimum Gasteiger partial charge on any atom is -0.381 e. The summed E-state index contributed by atoms with van der Waals surface area (Å²) in [4.78, 5) is 4.55. The van der Waals surface area contributed by atoms with E-state index in [1.165, 1.54) is 0 Å². The van der Waals surface area contributed by atoms with E-state index in [1.54, 1.807) is 0 Å². The van der Waals surface area contributed by atoms with Gasteiger partial charge in [-0.1, -0.05) is 17.7 Å². The maximum atomic E-state index is 6.30. The van der Waals surface area contributed by atoms with Crippen molar-refractivity contribution in [2.75, 3.05) is 13.2 Å². The highest BCUT2D eigenvalue weighted by molar-refractivity contribution is 6.35. The van der Waals surface area contributed by atoms with Gasteiger partial charge in [0.15, 0.2) is 0 Å². The Morgan fingerprint density at radius 2 is 2.32 bits per heavy atom. The molecule has 0 spiro atoms.